The average Bonchev–Trinajstić information content (AvgIpc) is 2.78. The Kier molecular flexibility index (Phi) is 7.16. The maximum atomic E-state index is 13.5. The van der Waals surface area contributed by atoms with E-state index < -0.39 is 47.0 Å². The van der Waals surface area contributed by atoms with Gasteiger partial charge in [-0.2, -0.15) is 13.2 Å². The number of carbonyl (C=O) groups excluding carboxylic acids is 1. The van der Waals surface area contributed by atoms with Crippen LogP contribution in [0.3, 0.4) is 0 Å². The number of fused-ring (bicyclic) bond motifs is 1. The molecule has 0 radical (unpaired) electrons. The van der Waals surface area contributed by atoms with Crippen molar-refractivity contribution in [3.05, 3.63) is 65.4 Å². The van der Waals surface area contributed by atoms with Crippen molar-refractivity contribution in [3.63, 3.8) is 0 Å². The molecule has 2 aromatic carbocycles. The number of carbonyl (C=O) groups is 1. The van der Waals surface area contributed by atoms with Crippen LogP contribution in [0.1, 0.15) is 41.7 Å². The summed E-state index contributed by atoms with van der Waals surface area (Å²) in [7, 11) is 0. The molecular formula is C24H19F8N3O2. The van der Waals surface area contributed by atoms with E-state index in [-0.39, 0.29) is 28.7 Å². The normalized spacial score (nSPS) is 18.5. The van der Waals surface area contributed by atoms with Gasteiger partial charge < -0.3 is 15.4 Å². The molecule has 13 heteroatoms. The van der Waals surface area contributed by atoms with Gasteiger partial charge in [0.25, 0.3) is 5.91 Å². The van der Waals surface area contributed by atoms with Gasteiger partial charge in [0.05, 0.1) is 0 Å². The van der Waals surface area contributed by atoms with E-state index in [1.54, 1.807) is 0 Å². The molecular weight excluding hydrogens is 514 g/mol. The molecule has 1 aromatic heterocycles. The fraction of sp³-hybridized carbons (Fsp3) is 0.333. The van der Waals surface area contributed by atoms with Gasteiger partial charge in [-0.25, -0.2) is 13.8 Å². The zero-order valence-corrected chi connectivity index (χ0v) is 18.8. The highest BCUT2D eigenvalue weighted by Crippen LogP contribution is 2.38. The Balaban J connectivity index is 1.50. The number of para-hydroxylation sites is 1. The van der Waals surface area contributed by atoms with Crippen LogP contribution in [-0.4, -0.2) is 29.3 Å². The molecule has 1 saturated carbocycles. The van der Waals surface area contributed by atoms with Crippen LogP contribution < -0.4 is 15.4 Å². The molecule has 5 nitrogen and oxygen atoms in total. The zero-order chi connectivity index (χ0) is 27.0. The molecule has 37 heavy (non-hydrogen) atoms. The Morgan fingerprint density at radius 1 is 0.892 bits per heavy atom. The van der Waals surface area contributed by atoms with Gasteiger partial charge in [-0.15, -0.1) is 13.2 Å². The number of pyridine rings is 1. The number of nitrogens with zero attached hydrogens (tertiary/aromatic N) is 1. The van der Waals surface area contributed by atoms with Crippen LogP contribution in [0, 0.1) is 11.6 Å². The lowest BCUT2D eigenvalue weighted by Crippen LogP contribution is -2.40. The Bertz CT molecular complexity index is 1280. The molecule has 0 unspecified atom stereocenters. The molecule has 1 aliphatic rings. The van der Waals surface area contributed by atoms with Crippen LogP contribution in [0.4, 0.5) is 40.8 Å². The first kappa shape index (κ1) is 26.4. The summed E-state index contributed by atoms with van der Waals surface area (Å²) in [6, 6.07) is 5.88. The molecule has 0 saturated heterocycles. The predicted molar refractivity (Wildman–Crippen MR) is 117 cm³/mol. The number of nitrogens with one attached hydrogen (secondary N) is 2. The SMILES string of the molecule is O=C(NC1CCC(Nc2cc(C(F)(F)F)nc3c(OC(F)(F)F)cccc23)CC1)c1cc(F)cc(F)c1. The lowest BCUT2D eigenvalue weighted by molar-refractivity contribution is -0.274. The zero-order valence-electron chi connectivity index (χ0n) is 18.8. The number of ether oxygens (including phenoxy) is 1. The van der Waals surface area contributed by atoms with Crippen molar-refractivity contribution in [2.45, 2.75) is 50.3 Å². The topological polar surface area (TPSA) is 63.2 Å². The van der Waals surface area contributed by atoms with Gasteiger partial charge in [0.15, 0.2) is 5.75 Å². The Morgan fingerprint density at radius 3 is 2.11 bits per heavy atom. The van der Waals surface area contributed by atoms with Crippen molar-refractivity contribution in [2.75, 3.05) is 5.32 Å². The summed E-state index contributed by atoms with van der Waals surface area (Å²) in [5.41, 5.74) is -2.23. The van der Waals surface area contributed by atoms with Gasteiger partial charge in [0.2, 0.25) is 0 Å². The van der Waals surface area contributed by atoms with E-state index in [9.17, 15) is 39.9 Å². The molecule has 1 heterocycles. The van der Waals surface area contributed by atoms with Crippen molar-refractivity contribution in [1.29, 1.82) is 0 Å². The second kappa shape index (κ2) is 10.0. The van der Waals surface area contributed by atoms with Gasteiger partial charge in [0, 0.05) is 34.8 Å². The molecule has 2 N–H and O–H groups in total. The third-order valence-electron chi connectivity index (χ3n) is 5.87. The monoisotopic (exact) mass is 533 g/mol. The van der Waals surface area contributed by atoms with Crippen LogP contribution in [-0.2, 0) is 6.18 Å². The first-order valence-corrected chi connectivity index (χ1v) is 11.1. The van der Waals surface area contributed by atoms with Gasteiger partial charge in [-0.1, -0.05) is 12.1 Å². The first-order valence-electron chi connectivity index (χ1n) is 11.1. The third kappa shape index (κ3) is 6.57. The Morgan fingerprint density at radius 2 is 1.51 bits per heavy atom. The lowest BCUT2D eigenvalue weighted by atomic mass is 9.90. The Hall–Kier alpha value is -3.64. The maximum Gasteiger partial charge on any atom is 0.573 e. The molecule has 0 bridgehead atoms. The number of halogens is 8. The molecule has 4 rings (SSSR count). The largest absolute Gasteiger partial charge is 0.573 e. The molecule has 1 amide bonds. The number of benzene rings is 2. The summed E-state index contributed by atoms with van der Waals surface area (Å²) in [6.07, 6.45) is -8.46. The van der Waals surface area contributed by atoms with Crippen molar-refractivity contribution in [3.8, 4) is 5.75 Å². The third-order valence-corrected chi connectivity index (χ3v) is 5.87. The minimum atomic E-state index is -5.13. The predicted octanol–water partition coefficient (Wildman–Crippen LogP) is 6.58. The van der Waals surface area contributed by atoms with Gasteiger partial charge in [-0.05, 0) is 49.9 Å². The molecule has 198 valence electrons. The summed E-state index contributed by atoms with van der Waals surface area (Å²) < 4.78 is 109. The summed E-state index contributed by atoms with van der Waals surface area (Å²) in [6.45, 7) is 0. The fourth-order valence-corrected chi connectivity index (χ4v) is 4.25. The van der Waals surface area contributed by atoms with Gasteiger partial charge in [0.1, 0.15) is 22.8 Å². The fourth-order valence-electron chi connectivity index (χ4n) is 4.25. The van der Waals surface area contributed by atoms with E-state index in [1.165, 1.54) is 12.1 Å². The second-order valence-electron chi connectivity index (χ2n) is 8.58. The van der Waals surface area contributed by atoms with Gasteiger partial charge >= 0.3 is 12.5 Å². The second-order valence-corrected chi connectivity index (χ2v) is 8.58. The number of amides is 1. The molecule has 1 fully saturated rings. The van der Waals surface area contributed by atoms with Crippen molar-refractivity contribution < 1.29 is 44.7 Å². The van der Waals surface area contributed by atoms with Crippen LogP contribution in [0.5, 0.6) is 5.75 Å². The maximum absolute atomic E-state index is 13.5. The highest BCUT2D eigenvalue weighted by Gasteiger charge is 2.36. The number of hydrogen-bond donors (Lipinski definition) is 2. The quantitative estimate of drug-likeness (QED) is 0.364. The van der Waals surface area contributed by atoms with Gasteiger partial charge in [-0.3, -0.25) is 4.79 Å². The number of aromatic nitrogens is 1. The van der Waals surface area contributed by atoms with Crippen LogP contribution in [0.25, 0.3) is 10.9 Å². The number of rotatable bonds is 5. The van der Waals surface area contributed by atoms with Crippen molar-refractivity contribution in [1.82, 2.24) is 10.3 Å². The number of hydrogen-bond acceptors (Lipinski definition) is 4. The standard InChI is InChI=1S/C24H19F8N3O2/c25-13-8-12(9-14(26)10-13)22(36)34-16-6-4-15(5-7-16)33-18-11-20(23(27,28)29)35-21-17(18)2-1-3-19(21)37-24(30,31)32/h1-3,8-11,15-16H,4-7H2,(H,33,35)(H,34,36). The Labute approximate surface area is 204 Å². The van der Waals surface area contributed by atoms with E-state index in [0.717, 1.165) is 24.3 Å². The van der Waals surface area contributed by atoms with E-state index in [0.29, 0.717) is 31.7 Å². The van der Waals surface area contributed by atoms with E-state index in [4.69, 9.17) is 0 Å². The minimum absolute atomic E-state index is 0.0123. The van der Waals surface area contributed by atoms with Crippen LogP contribution in [0.15, 0.2) is 42.5 Å². The summed E-state index contributed by atoms with van der Waals surface area (Å²) in [5, 5.41) is 5.65. The number of anilines is 1. The number of alkyl halides is 6. The summed E-state index contributed by atoms with van der Waals surface area (Å²) in [5.74, 6) is -3.32. The minimum Gasteiger partial charge on any atom is -0.403 e. The van der Waals surface area contributed by atoms with Crippen LogP contribution in [0.2, 0.25) is 0 Å². The molecule has 3 aromatic rings. The molecule has 0 spiro atoms. The van der Waals surface area contributed by atoms with Crippen LogP contribution >= 0.6 is 0 Å². The highest BCUT2D eigenvalue weighted by molar-refractivity contribution is 5.95. The molecule has 1 aliphatic carbocycles. The van der Waals surface area contributed by atoms with E-state index >= 15 is 0 Å². The van der Waals surface area contributed by atoms with E-state index in [2.05, 4.69) is 20.4 Å². The average molecular weight is 533 g/mol. The lowest BCUT2D eigenvalue weighted by Gasteiger charge is -2.31. The van der Waals surface area contributed by atoms with Crippen molar-refractivity contribution >= 4 is 22.5 Å². The summed E-state index contributed by atoms with van der Waals surface area (Å²) in [4.78, 5) is 15.7. The summed E-state index contributed by atoms with van der Waals surface area (Å²) >= 11 is 0. The molecule has 0 atom stereocenters. The smallest absolute Gasteiger partial charge is 0.403 e. The van der Waals surface area contributed by atoms with Crippen molar-refractivity contribution in [2.24, 2.45) is 0 Å². The molecule has 0 aliphatic heterocycles. The van der Waals surface area contributed by atoms with E-state index in [1.807, 2.05) is 0 Å². The first-order chi connectivity index (χ1) is 17.3. The highest BCUT2D eigenvalue weighted by atomic mass is 19.4.